The molecule has 2 aromatic rings. The first kappa shape index (κ1) is 18.9. The quantitative estimate of drug-likeness (QED) is 0.774. The number of rotatable bonds is 8. The Balaban J connectivity index is 1.83. The van der Waals surface area contributed by atoms with E-state index in [0.717, 1.165) is 11.6 Å². The third-order valence-corrected chi connectivity index (χ3v) is 3.74. The second-order valence-electron chi connectivity index (χ2n) is 5.10. The van der Waals surface area contributed by atoms with E-state index in [0.29, 0.717) is 23.8 Å². The summed E-state index contributed by atoms with van der Waals surface area (Å²) in [6.07, 6.45) is 0.139. The van der Waals surface area contributed by atoms with Crippen LogP contribution in [-0.2, 0) is 11.3 Å². The number of para-hydroxylation sites is 1. The molecular formula is C18H19ClFNO4. The van der Waals surface area contributed by atoms with Gasteiger partial charge in [-0.2, -0.15) is 0 Å². The number of carbonyl (C=O) groups excluding carboxylic acids is 1. The third kappa shape index (κ3) is 5.26. The Hall–Kier alpha value is -2.47. The summed E-state index contributed by atoms with van der Waals surface area (Å²) in [6.45, 7) is 0.433. The zero-order valence-electron chi connectivity index (χ0n) is 14.0. The maximum atomic E-state index is 13.0. The maximum absolute atomic E-state index is 13.0. The predicted molar refractivity (Wildman–Crippen MR) is 92.9 cm³/mol. The van der Waals surface area contributed by atoms with Crippen LogP contribution < -0.4 is 19.5 Å². The molecule has 0 atom stereocenters. The standard InChI is InChI=1S/C18H19ClFNO4/c1-23-16-5-3-4-12(18(16)24-2)11-21-17(22)8-9-25-15-7-6-13(20)10-14(15)19/h3-7,10H,8-9,11H2,1-2H3,(H,21,22). The lowest BCUT2D eigenvalue weighted by atomic mass is 10.2. The van der Waals surface area contributed by atoms with Crippen molar-refractivity contribution in [2.45, 2.75) is 13.0 Å². The van der Waals surface area contributed by atoms with Crippen molar-refractivity contribution in [3.05, 3.63) is 52.8 Å². The van der Waals surface area contributed by atoms with Crippen LogP contribution in [0, 0.1) is 5.82 Å². The highest BCUT2D eigenvalue weighted by Gasteiger charge is 2.11. The second kappa shape index (κ2) is 9.13. The van der Waals surface area contributed by atoms with E-state index in [-0.39, 0.29) is 24.0 Å². The normalized spacial score (nSPS) is 10.2. The molecule has 2 aromatic carbocycles. The maximum Gasteiger partial charge on any atom is 0.223 e. The van der Waals surface area contributed by atoms with E-state index in [1.54, 1.807) is 20.3 Å². The van der Waals surface area contributed by atoms with Gasteiger partial charge in [-0.3, -0.25) is 4.79 Å². The summed E-state index contributed by atoms with van der Waals surface area (Å²) in [5, 5.41) is 2.96. The number of benzene rings is 2. The SMILES string of the molecule is COc1cccc(CNC(=O)CCOc2ccc(F)cc2Cl)c1OC. The van der Waals surface area contributed by atoms with E-state index in [1.165, 1.54) is 12.1 Å². The fourth-order valence-electron chi connectivity index (χ4n) is 2.22. The van der Waals surface area contributed by atoms with E-state index >= 15 is 0 Å². The molecule has 134 valence electrons. The fourth-order valence-corrected chi connectivity index (χ4v) is 2.44. The minimum absolute atomic E-state index is 0.131. The first-order valence-corrected chi connectivity index (χ1v) is 7.97. The van der Waals surface area contributed by atoms with Gasteiger partial charge in [0.2, 0.25) is 5.91 Å². The molecule has 0 aliphatic heterocycles. The minimum Gasteiger partial charge on any atom is -0.493 e. The number of ether oxygens (including phenoxy) is 3. The monoisotopic (exact) mass is 367 g/mol. The van der Waals surface area contributed by atoms with Gasteiger partial charge in [0, 0.05) is 12.1 Å². The van der Waals surface area contributed by atoms with Gasteiger partial charge in [-0.1, -0.05) is 23.7 Å². The van der Waals surface area contributed by atoms with E-state index in [4.69, 9.17) is 25.8 Å². The van der Waals surface area contributed by atoms with Crippen molar-refractivity contribution in [1.82, 2.24) is 5.32 Å². The molecule has 0 spiro atoms. The average molecular weight is 368 g/mol. The van der Waals surface area contributed by atoms with Crippen LogP contribution in [0.5, 0.6) is 17.2 Å². The Labute approximate surface area is 150 Å². The van der Waals surface area contributed by atoms with Crippen molar-refractivity contribution < 1.29 is 23.4 Å². The van der Waals surface area contributed by atoms with Crippen LogP contribution in [0.2, 0.25) is 5.02 Å². The van der Waals surface area contributed by atoms with E-state index in [1.807, 2.05) is 12.1 Å². The molecule has 0 saturated heterocycles. The number of halogens is 2. The molecule has 0 saturated carbocycles. The van der Waals surface area contributed by atoms with Crippen LogP contribution in [0.15, 0.2) is 36.4 Å². The van der Waals surface area contributed by atoms with Crippen molar-refractivity contribution in [3.8, 4) is 17.2 Å². The van der Waals surface area contributed by atoms with E-state index in [9.17, 15) is 9.18 Å². The van der Waals surface area contributed by atoms with Gasteiger partial charge in [0.15, 0.2) is 11.5 Å². The Morgan fingerprint density at radius 1 is 1.16 bits per heavy atom. The highest BCUT2D eigenvalue weighted by molar-refractivity contribution is 6.32. The number of amides is 1. The van der Waals surface area contributed by atoms with E-state index in [2.05, 4.69) is 5.32 Å². The van der Waals surface area contributed by atoms with Gasteiger partial charge in [0.25, 0.3) is 0 Å². The average Bonchev–Trinajstić information content (AvgIpc) is 2.61. The minimum atomic E-state index is -0.442. The van der Waals surface area contributed by atoms with Gasteiger partial charge in [-0.15, -0.1) is 0 Å². The fraction of sp³-hybridized carbons (Fsp3) is 0.278. The lowest BCUT2D eigenvalue weighted by Crippen LogP contribution is -2.24. The largest absolute Gasteiger partial charge is 0.493 e. The van der Waals surface area contributed by atoms with Crippen molar-refractivity contribution in [2.75, 3.05) is 20.8 Å². The van der Waals surface area contributed by atoms with Crippen molar-refractivity contribution in [1.29, 1.82) is 0 Å². The molecule has 0 aliphatic carbocycles. The van der Waals surface area contributed by atoms with Crippen LogP contribution in [0.25, 0.3) is 0 Å². The molecule has 2 rings (SSSR count). The summed E-state index contributed by atoms with van der Waals surface area (Å²) < 4.78 is 28.9. The summed E-state index contributed by atoms with van der Waals surface area (Å²) >= 11 is 5.86. The second-order valence-corrected chi connectivity index (χ2v) is 5.51. The lowest BCUT2D eigenvalue weighted by Gasteiger charge is -2.13. The van der Waals surface area contributed by atoms with Crippen LogP contribution in [0.1, 0.15) is 12.0 Å². The van der Waals surface area contributed by atoms with Crippen LogP contribution in [0.3, 0.4) is 0 Å². The van der Waals surface area contributed by atoms with Crippen LogP contribution >= 0.6 is 11.6 Å². The number of methoxy groups -OCH3 is 2. The molecule has 7 heteroatoms. The first-order valence-electron chi connectivity index (χ1n) is 7.59. The number of hydrogen-bond acceptors (Lipinski definition) is 4. The zero-order valence-corrected chi connectivity index (χ0v) is 14.7. The Bertz CT molecular complexity index is 739. The zero-order chi connectivity index (χ0) is 18.2. The molecule has 1 N–H and O–H groups in total. The lowest BCUT2D eigenvalue weighted by molar-refractivity contribution is -0.121. The first-order chi connectivity index (χ1) is 12.0. The Kier molecular flexibility index (Phi) is 6.89. The van der Waals surface area contributed by atoms with Gasteiger partial charge < -0.3 is 19.5 Å². The van der Waals surface area contributed by atoms with Crippen molar-refractivity contribution in [3.63, 3.8) is 0 Å². The molecule has 5 nitrogen and oxygen atoms in total. The highest BCUT2D eigenvalue weighted by Crippen LogP contribution is 2.30. The third-order valence-electron chi connectivity index (χ3n) is 3.44. The van der Waals surface area contributed by atoms with Gasteiger partial charge >= 0.3 is 0 Å². The Morgan fingerprint density at radius 2 is 1.96 bits per heavy atom. The van der Waals surface area contributed by atoms with Gasteiger partial charge in [0.05, 0.1) is 32.3 Å². The van der Waals surface area contributed by atoms with E-state index < -0.39 is 5.82 Å². The number of carbonyl (C=O) groups is 1. The van der Waals surface area contributed by atoms with Gasteiger partial charge in [0.1, 0.15) is 11.6 Å². The molecule has 0 aliphatic rings. The molecule has 0 heterocycles. The van der Waals surface area contributed by atoms with Crippen LogP contribution in [0.4, 0.5) is 4.39 Å². The Morgan fingerprint density at radius 3 is 2.64 bits per heavy atom. The summed E-state index contributed by atoms with van der Waals surface area (Å²) in [5.41, 5.74) is 0.803. The smallest absolute Gasteiger partial charge is 0.223 e. The highest BCUT2D eigenvalue weighted by atomic mass is 35.5. The summed E-state index contributed by atoms with van der Waals surface area (Å²) in [6, 6.07) is 9.28. The summed E-state index contributed by atoms with van der Waals surface area (Å²) in [5.74, 6) is 0.888. The van der Waals surface area contributed by atoms with Gasteiger partial charge in [-0.25, -0.2) is 4.39 Å². The van der Waals surface area contributed by atoms with Crippen molar-refractivity contribution >= 4 is 17.5 Å². The summed E-state index contributed by atoms with van der Waals surface area (Å²) in [4.78, 5) is 11.9. The topological polar surface area (TPSA) is 56.8 Å². The molecule has 0 bridgehead atoms. The van der Waals surface area contributed by atoms with Gasteiger partial charge in [-0.05, 0) is 24.3 Å². The number of hydrogen-bond donors (Lipinski definition) is 1. The molecule has 0 unspecified atom stereocenters. The predicted octanol–water partition coefficient (Wildman–Crippen LogP) is 3.58. The molecular weight excluding hydrogens is 349 g/mol. The molecule has 0 aromatic heterocycles. The summed E-state index contributed by atoms with van der Waals surface area (Å²) in [7, 11) is 3.10. The molecule has 0 radical (unpaired) electrons. The van der Waals surface area contributed by atoms with Crippen LogP contribution in [-0.4, -0.2) is 26.7 Å². The molecule has 0 fully saturated rings. The van der Waals surface area contributed by atoms with Crippen molar-refractivity contribution in [2.24, 2.45) is 0 Å². The molecule has 1 amide bonds. The number of nitrogens with one attached hydrogen (secondary N) is 1. The molecule has 25 heavy (non-hydrogen) atoms.